The fourth-order valence-electron chi connectivity index (χ4n) is 1.87. The second-order valence-electron chi connectivity index (χ2n) is 4.31. The Kier molecular flexibility index (Phi) is 3.88. The molecule has 92 valence electrons. The molecule has 2 unspecified atom stereocenters. The summed E-state index contributed by atoms with van der Waals surface area (Å²) in [5, 5.41) is 8.96. The van der Waals surface area contributed by atoms with Gasteiger partial charge >= 0.3 is 11.9 Å². The maximum Gasteiger partial charge on any atom is 0.325 e. The molecule has 0 aliphatic carbocycles. The number of methoxy groups -OCH3 is 1. The third-order valence-corrected chi connectivity index (χ3v) is 3.07. The summed E-state index contributed by atoms with van der Waals surface area (Å²) in [5.41, 5.74) is 4.56. The number of ether oxygens (including phenoxy) is 1. The van der Waals surface area contributed by atoms with Gasteiger partial charge in [-0.1, -0.05) is 0 Å². The number of rotatable bonds is 4. The second kappa shape index (κ2) is 4.80. The Morgan fingerprint density at radius 1 is 1.62 bits per heavy atom. The van der Waals surface area contributed by atoms with Crippen molar-refractivity contribution in [2.75, 3.05) is 20.2 Å². The highest BCUT2D eigenvalue weighted by molar-refractivity contribution is 5.79. The molecule has 2 atom stereocenters. The third-order valence-electron chi connectivity index (χ3n) is 3.07. The molecule has 0 bridgehead atoms. The maximum atomic E-state index is 11.1. The summed E-state index contributed by atoms with van der Waals surface area (Å²) in [6.07, 6.45) is 0.667. The lowest BCUT2D eigenvalue weighted by Gasteiger charge is -2.25. The number of hydrogen-bond acceptors (Lipinski definition) is 5. The molecule has 1 aliphatic rings. The minimum Gasteiger partial charge on any atom is -0.480 e. The molecule has 0 saturated carbocycles. The highest BCUT2D eigenvalue weighted by atomic mass is 16.5. The van der Waals surface area contributed by atoms with E-state index in [0.717, 1.165) is 0 Å². The van der Waals surface area contributed by atoms with E-state index in [9.17, 15) is 9.59 Å². The monoisotopic (exact) mass is 230 g/mol. The van der Waals surface area contributed by atoms with Gasteiger partial charge in [-0.2, -0.15) is 0 Å². The fraction of sp³-hybridized carbons (Fsp3) is 0.800. The van der Waals surface area contributed by atoms with Gasteiger partial charge in [0.25, 0.3) is 0 Å². The molecule has 6 heteroatoms. The topological polar surface area (TPSA) is 92.9 Å². The number of hydrogen-bond donors (Lipinski definition) is 2. The van der Waals surface area contributed by atoms with Crippen LogP contribution in [0.25, 0.3) is 0 Å². The van der Waals surface area contributed by atoms with Crippen molar-refractivity contribution >= 4 is 11.9 Å². The Balaban J connectivity index is 2.53. The van der Waals surface area contributed by atoms with Gasteiger partial charge in [0, 0.05) is 19.1 Å². The van der Waals surface area contributed by atoms with Crippen molar-refractivity contribution in [1.82, 2.24) is 4.90 Å². The first-order valence-electron chi connectivity index (χ1n) is 5.22. The van der Waals surface area contributed by atoms with Gasteiger partial charge in [-0.15, -0.1) is 0 Å². The lowest BCUT2D eigenvalue weighted by Crippen LogP contribution is -2.51. The van der Waals surface area contributed by atoms with E-state index in [4.69, 9.17) is 10.8 Å². The van der Waals surface area contributed by atoms with Gasteiger partial charge in [0.2, 0.25) is 0 Å². The van der Waals surface area contributed by atoms with Crippen LogP contribution < -0.4 is 5.73 Å². The molecule has 0 aromatic carbocycles. The zero-order chi connectivity index (χ0) is 12.3. The Bertz CT molecular complexity index is 295. The van der Waals surface area contributed by atoms with Crippen LogP contribution in [0.2, 0.25) is 0 Å². The molecule has 16 heavy (non-hydrogen) atoms. The van der Waals surface area contributed by atoms with Crippen LogP contribution in [0.3, 0.4) is 0 Å². The van der Waals surface area contributed by atoms with Gasteiger partial charge in [-0.05, 0) is 13.3 Å². The molecule has 0 aromatic rings. The van der Waals surface area contributed by atoms with E-state index >= 15 is 0 Å². The van der Waals surface area contributed by atoms with Crippen LogP contribution in [0.15, 0.2) is 0 Å². The minimum atomic E-state index is -1.18. The summed E-state index contributed by atoms with van der Waals surface area (Å²) in [6.45, 7) is 2.74. The summed E-state index contributed by atoms with van der Waals surface area (Å²) in [5.74, 6) is -1.28. The molecule has 0 amide bonds. The zero-order valence-corrected chi connectivity index (χ0v) is 9.60. The summed E-state index contributed by atoms with van der Waals surface area (Å²) in [7, 11) is 1.34. The number of esters is 1. The van der Waals surface area contributed by atoms with Gasteiger partial charge in [0.1, 0.15) is 5.54 Å². The standard InChI is InChI=1S/C10H18N2O4/c1-7(5-8(13)16-2)12-4-3-10(11,6-12)9(14)15/h7H,3-6,11H2,1-2H3,(H,14,15). The van der Waals surface area contributed by atoms with E-state index in [1.165, 1.54) is 7.11 Å². The first-order valence-corrected chi connectivity index (χ1v) is 5.22. The van der Waals surface area contributed by atoms with E-state index < -0.39 is 11.5 Å². The summed E-state index contributed by atoms with van der Waals surface area (Å²) >= 11 is 0. The molecule has 0 radical (unpaired) electrons. The first-order chi connectivity index (χ1) is 7.39. The third kappa shape index (κ3) is 2.70. The first kappa shape index (κ1) is 12.9. The van der Waals surface area contributed by atoms with Crippen molar-refractivity contribution in [1.29, 1.82) is 0 Å². The molecule has 1 rings (SSSR count). The maximum absolute atomic E-state index is 11.1. The van der Waals surface area contributed by atoms with Crippen LogP contribution in [0.4, 0.5) is 0 Å². The van der Waals surface area contributed by atoms with Gasteiger partial charge in [-0.25, -0.2) is 0 Å². The molecule has 0 aromatic heterocycles. The molecule has 6 nitrogen and oxygen atoms in total. The zero-order valence-electron chi connectivity index (χ0n) is 9.60. The van der Waals surface area contributed by atoms with Gasteiger partial charge in [-0.3, -0.25) is 14.5 Å². The summed E-state index contributed by atoms with van der Waals surface area (Å²) in [6, 6.07) is -0.0442. The molecular weight excluding hydrogens is 212 g/mol. The van der Waals surface area contributed by atoms with Gasteiger partial charge in [0.05, 0.1) is 13.5 Å². The van der Waals surface area contributed by atoms with Crippen LogP contribution in [0, 0.1) is 0 Å². The molecular formula is C10H18N2O4. The quantitative estimate of drug-likeness (QED) is 0.628. The van der Waals surface area contributed by atoms with Crippen molar-refractivity contribution < 1.29 is 19.4 Å². The van der Waals surface area contributed by atoms with E-state index in [1.807, 2.05) is 11.8 Å². The number of likely N-dealkylation sites (tertiary alicyclic amines) is 1. The largest absolute Gasteiger partial charge is 0.480 e. The number of carbonyl (C=O) groups is 2. The molecule has 0 spiro atoms. The Morgan fingerprint density at radius 3 is 2.69 bits per heavy atom. The molecule has 1 heterocycles. The minimum absolute atomic E-state index is 0.0442. The summed E-state index contributed by atoms with van der Waals surface area (Å²) < 4.78 is 4.57. The number of carboxylic acid groups (broad SMARTS) is 1. The van der Waals surface area contributed by atoms with E-state index in [0.29, 0.717) is 13.0 Å². The average Bonchev–Trinajstić information content (AvgIpc) is 2.62. The van der Waals surface area contributed by atoms with E-state index in [-0.39, 0.29) is 25.0 Å². The molecule has 1 aliphatic heterocycles. The van der Waals surface area contributed by atoms with Crippen molar-refractivity contribution in [3.8, 4) is 0 Å². The number of aliphatic carboxylic acids is 1. The number of nitrogens with zero attached hydrogens (tertiary/aromatic N) is 1. The number of carboxylic acids is 1. The predicted octanol–water partition coefficient (Wildman–Crippen LogP) is -0.574. The number of nitrogens with two attached hydrogens (primary N) is 1. The smallest absolute Gasteiger partial charge is 0.325 e. The van der Waals surface area contributed by atoms with Crippen LogP contribution in [-0.2, 0) is 14.3 Å². The molecule has 3 N–H and O–H groups in total. The predicted molar refractivity (Wildman–Crippen MR) is 56.8 cm³/mol. The number of carbonyl (C=O) groups excluding carboxylic acids is 1. The normalized spacial score (nSPS) is 27.7. The van der Waals surface area contributed by atoms with Crippen LogP contribution in [-0.4, -0.2) is 53.7 Å². The van der Waals surface area contributed by atoms with Crippen LogP contribution in [0.5, 0.6) is 0 Å². The summed E-state index contributed by atoms with van der Waals surface area (Å²) in [4.78, 5) is 23.9. The van der Waals surface area contributed by atoms with Crippen molar-refractivity contribution in [3.63, 3.8) is 0 Å². The van der Waals surface area contributed by atoms with Gasteiger partial charge in [0.15, 0.2) is 0 Å². The average molecular weight is 230 g/mol. The molecule has 1 saturated heterocycles. The van der Waals surface area contributed by atoms with E-state index in [2.05, 4.69) is 4.74 Å². The Labute approximate surface area is 94.3 Å². The second-order valence-corrected chi connectivity index (χ2v) is 4.31. The Hall–Kier alpha value is -1.14. The highest BCUT2D eigenvalue weighted by Gasteiger charge is 2.42. The van der Waals surface area contributed by atoms with Crippen LogP contribution >= 0.6 is 0 Å². The van der Waals surface area contributed by atoms with Crippen molar-refractivity contribution in [3.05, 3.63) is 0 Å². The lowest BCUT2D eigenvalue weighted by molar-refractivity contribution is -0.142. The SMILES string of the molecule is COC(=O)CC(C)N1CCC(N)(C(=O)O)C1. The van der Waals surface area contributed by atoms with Crippen molar-refractivity contribution in [2.24, 2.45) is 5.73 Å². The highest BCUT2D eigenvalue weighted by Crippen LogP contribution is 2.22. The fourth-order valence-corrected chi connectivity index (χ4v) is 1.87. The lowest BCUT2D eigenvalue weighted by atomic mass is 10.0. The Morgan fingerprint density at radius 2 is 2.25 bits per heavy atom. The van der Waals surface area contributed by atoms with Crippen LogP contribution in [0.1, 0.15) is 19.8 Å². The molecule has 1 fully saturated rings. The van der Waals surface area contributed by atoms with E-state index in [1.54, 1.807) is 0 Å². The van der Waals surface area contributed by atoms with Crippen molar-refractivity contribution in [2.45, 2.75) is 31.3 Å². The van der Waals surface area contributed by atoms with Gasteiger partial charge < -0.3 is 15.6 Å².